The van der Waals surface area contributed by atoms with Crippen LogP contribution in [-0.2, 0) is 13.1 Å². The van der Waals surface area contributed by atoms with Crippen molar-refractivity contribution < 1.29 is 4.79 Å². The zero-order valence-corrected chi connectivity index (χ0v) is 17.0. The van der Waals surface area contributed by atoms with Crippen LogP contribution in [0, 0.1) is 16.7 Å². The number of amides is 1. The lowest BCUT2D eigenvalue weighted by molar-refractivity contribution is 0.0955. The summed E-state index contributed by atoms with van der Waals surface area (Å²) in [6.07, 6.45) is 9.23. The molecular weight excluding hydrogens is 384 g/mol. The van der Waals surface area contributed by atoms with Gasteiger partial charge in [-0.1, -0.05) is 0 Å². The second-order valence-corrected chi connectivity index (χ2v) is 8.58. The molecule has 0 spiro atoms. The molecule has 29 heavy (non-hydrogen) atoms. The molecule has 4 aromatic rings. The molecule has 1 N–H and O–H groups in total. The highest BCUT2D eigenvalue weighted by molar-refractivity contribution is 7.17. The Morgan fingerprint density at radius 3 is 3.00 bits per heavy atom. The van der Waals surface area contributed by atoms with Gasteiger partial charge < -0.3 is 9.72 Å². The third-order valence-electron chi connectivity index (χ3n) is 4.52. The molecule has 146 valence electrons. The number of imidazole rings is 1. The summed E-state index contributed by atoms with van der Waals surface area (Å²) >= 11 is 1.42. The highest BCUT2D eigenvalue weighted by Gasteiger charge is 2.18. The quantitative estimate of drug-likeness (QED) is 0.530. The maximum atomic E-state index is 12.5. The van der Waals surface area contributed by atoms with Crippen LogP contribution in [0.5, 0.6) is 0 Å². The van der Waals surface area contributed by atoms with Gasteiger partial charge >= 0.3 is 0 Å². The summed E-state index contributed by atoms with van der Waals surface area (Å²) in [6.45, 7) is 4.72. The van der Waals surface area contributed by atoms with E-state index in [1.165, 1.54) is 11.3 Å². The Kier molecular flexibility index (Phi) is 4.91. The summed E-state index contributed by atoms with van der Waals surface area (Å²) in [4.78, 5) is 18.4. The predicted molar refractivity (Wildman–Crippen MR) is 111 cm³/mol. The van der Waals surface area contributed by atoms with Gasteiger partial charge in [-0.2, -0.15) is 10.4 Å². The van der Waals surface area contributed by atoms with Crippen molar-refractivity contribution >= 4 is 22.9 Å². The van der Waals surface area contributed by atoms with E-state index in [0.717, 1.165) is 21.7 Å². The monoisotopic (exact) mass is 404 g/mol. The number of rotatable bonds is 6. The zero-order valence-electron chi connectivity index (χ0n) is 16.2. The van der Waals surface area contributed by atoms with E-state index in [-0.39, 0.29) is 5.91 Å². The number of hydrogen-bond acceptors (Lipinski definition) is 5. The van der Waals surface area contributed by atoms with Gasteiger partial charge in [-0.25, -0.2) is 4.98 Å². The third-order valence-corrected chi connectivity index (χ3v) is 5.66. The largest absolute Gasteiger partial charge is 0.347 e. The lowest BCUT2D eigenvalue weighted by atomic mass is 9.96. The maximum Gasteiger partial charge on any atom is 0.261 e. The molecule has 1 amide bonds. The molecule has 0 aliphatic heterocycles. The number of pyridine rings is 1. The molecule has 0 saturated heterocycles. The summed E-state index contributed by atoms with van der Waals surface area (Å²) in [5, 5.41) is 16.5. The van der Waals surface area contributed by atoms with Crippen LogP contribution in [0.15, 0.2) is 55.2 Å². The number of carbonyl (C=O) groups excluding carboxylic acids is 1. The SMILES string of the molecule is CC(C)(C#N)Cn1cc(-c2ccc(C(=O)NCc3ccn4ccnc4c3)s2)cn1. The summed E-state index contributed by atoms with van der Waals surface area (Å²) in [6, 6.07) is 9.94. The van der Waals surface area contributed by atoms with E-state index >= 15 is 0 Å². The van der Waals surface area contributed by atoms with Crippen molar-refractivity contribution in [2.45, 2.75) is 26.9 Å². The number of fused-ring (bicyclic) bond motifs is 1. The summed E-state index contributed by atoms with van der Waals surface area (Å²) in [7, 11) is 0. The Morgan fingerprint density at radius 2 is 2.17 bits per heavy atom. The second-order valence-electron chi connectivity index (χ2n) is 7.50. The van der Waals surface area contributed by atoms with Gasteiger partial charge in [0, 0.05) is 41.8 Å². The van der Waals surface area contributed by atoms with Crippen LogP contribution < -0.4 is 5.32 Å². The Balaban J connectivity index is 1.41. The van der Waals surface area contributed by atoms with Crippen molar-refractivity contribution in [2.24, 2.45) is 5.41 Å². The molecule has 4 rings (SSSR count). The molecule has 4 aromatic heterocycles. The average Bonchev–Trinajstić information content (AvgIpc) is 3.45. The average molecular weight is 404 g/mol. The minimum atomic E-state index is -0.483. The normalized spacial score (nSPS) is 11.5. The number of carbonyl (C=O) groups is 1. The number of nitrogens with one attached hydrogen (secondary N) is 1. The number of aromatic nitrogens is 4. The predicted octanol–water partition coefficient (Wildman–Crippen LogP) is 3.74. The third kappa shape index (κ3) is 4.20. The van der Waals surface area contributed by atoms with Crippen molar-refractivity contribution in [3.63, 3.8) is 0 Å². The summed E-state index contributed by atoms with van der Waals surface area (Å²) in [5.74, 6) is -0.109. The molecule has 0 aliphatic rings. The number of hydrogen-bond donors (Lipinski definition) is 1. The van der Waals surface area contributed by atoms with Crippen LogP contribution in [0.1, 0.15) is 29.1 Å². The molecule has 0 aliphatic carbocycles. The first-order valence-electron chi connectivity index (χ1n) is 9.17. The topological polar surface area (TPSA) is 88.0 Å². The highest BCUT2D eigenvalue weighted by Crippen LogP contribution is 2.28. The van der Waals surface area contributed by atoms with E-state index in [1.54, 1.807) is 17.1 Å². The van der Waals surface area contributed by atoms with Gasteiger partial charge in [0.1, 0.15) is 5.65 Å². The lowest BCUT2D eigenvalue weighted by Crippen LogP contribution is -2.21. The summed E-state index contributed by atoms with van der Waals surface area (Å²) < 4.78 is 3.69. The van der Waals surface area contributed by atoms with E-state index in [1.807, 2.05) is 61.1 Å². The highest BCUT2D eigenvalue weighted by atomic mass is 32.1. The molecule has 0 aromatic carbocycles. The van der Waals surface area contributed by atoms with Crippen LogP contribution in [0.4, 0.5) is 0 Å². The molecule has 8 heteroatoms. The first-order chi connectivity index (χ1) is 13.9. The molecule has 7 nitrogen and oxygen atoms in total. The Morgan fingerprint density at radius 1 is 1.31 bits per heavy atom. The van der Waals surface area contributed by atoms with E-state index in [4.69, 9.17) is 0 Å². The molecular formula is C21H20N6OS. The molecule has 0 radical (unpaired) electrons. The van der Waals surface area contributed by atoms with Crippen molar-refractivity contribution in [2.75, 3.05) is 0 Å². The molecule has 0 atom stereocenters. The zero-order chi connectivity index (χ0) is 20.4. The van der Waals surface area contributed by atoms with Crippen molar-refractivity contribution in [3.05, 3.63) is 65.7 Å². The van der Waals surface area contributed by atoms with Crippen molar-refractivity contribution in [3.8, 4) is 16.5 Å². The standard InChI is InChI=1S/C21H20N6OS/c1-21(2,13-22)14-27-12-16(11-25-27)17-3-4-18(29-17)20(28)24-10-15-5-7-26-8-6-23-19(26)9-15/h3-9,11-12H,10,14H2,1-2H3,(H,24,28). The first-order valence-corrected chi connectivity index (χ1v) is 9.99. The Labute approximate surface area is 172 Å². The fourth-order valence-electron chi connectivity index (χ4n) is 2.96. The van der Waals surface area contributed by atoms with Gasteiger partial charge in [0.25, 0.3) is 5.91 Å². The molecule has 4 heterocycles. The van der Waals surface area contributed by atoms with E-state index in [9.17, 15) is 10.1 Å². The van der Waals surface area contributed by atoms with Gasteiger partial charge in [0.05, 0.1) is 29.1 Å². The van der Waals surface area contributed by atoms with E-state index in [2.05, 4.69) is 21.5 Å². The lowest BCUT2D eigenvalue weighted by Gasteiger charge is -2.14. The van der Waals surface area contributed by atoms with Crippen LogP contribution in [0.2, 0.25) is 0 Å². The maximum absolute atomic E-state index is 12.5. The van der Waals surface area contributed by atoms with Crippen LogP contribution >= 0.6 is 11.3 Å². The van der Waals surface area contributed by atoms with Crippen LogP contribution in [-0.4, -0.2) is 25.1 Å². The molecule has 0 saturated carbocycles. The number of nitriles is 1. The molecule has 0 fully saturated rings. The van der Waals surface area contributed by atoms with E-state index < -0.39 is 5.41 Å². The Bertz CT molecular complexity index is 1210. The van der Waals surface area contributed by atoms with Gasteiger partial charge in [0.2, 0.25) is 0 Å². The minimum absolute atomic E-state index is 0.109. The van der Waals surface area contributed by atoms with Gasteiger partial charge in [-0.15, -0.1) is 11.3 Å². The number of nitrogens with zero attached hydrogens (tertiary/aromatic N) is 5. The minimum Gasteiger partial charge on any atom is -0.347 e. The van der Waals surface area contributed by atoms with Crippen LogP contribution in [0.25, 0.3) is 16.1 Å². The van der Waals surface area contributed by atoms with Gasteiger partial charge in [-0.05, 0) is 43.7 Å². The molecule has 0 unspecified atom stereocenters. The van der Waals surface area contributed by atoms with E-state index in [0.29, 0.717) is 18.0 Å². The smallest absolute Gasteiger partial charge is 0.261 e. The van der Waals surface area contributed by atoms with Gasteiger partial charge in [-0.3, -0.25) is 9.48 Å². The Hall–Kier alpha value is -3.44. The van der Waals surface area contributed by atoms with Crippen molar-refractivity contribution in [1.29, 1.82) is 5.26 Å². The second kappa shape index (κ2) is 7.53. The van der Waals surface area contributed by atoms with Crippen LogP contribution in [0.3, 0.4) is 0 Å². The fourth-order valence-corrected chi connectivity index (χ4v) is 3.86. The first kappa shape index (κ1) is 18.9. The summed E-state index contributed by atoms with van der Waals surface area (Å²) in [5.41, 5.74) is 2.30. The fraction of sp³-hybridized carbons (Fsp3) is 0.238. The van der Waals surface area contributed by atoms with Crippen molar-refractivity contribution in [1.82, 2.24) is 24.5 Å². The number of thiophene rings is 1. The molecule has 0 bridgehead atoms. The van der Waals surface area contributed by atoms with Gasteiger partial charge in [0.15, 0.2) is 0 Å².